The second kappa shape index (κ2) is 4.85. The molecule has 0 bridgehead atoms. The van der Waals surface area contributed by atoms with Gasteiger partial charge in [-0.25, -0.2) is 0 Å². The lowest BCUT2D eigenvalue weighted by molar-refractivity contribution is 0.360. The third-order valence-electron chi connectivity index (χ3n) is 1.94. The van der Waals surface area contributed by atoms with Gasteiger partial charge in [-0.1, -0.05) is 11.6 Å². The molecule has 80 valence electrons. The summed E-state index contributed by atoms with van der Waals surface area (Å²) in [7, 11) is 1.29. The van der Waals surface area contributed by atoms with Crippen molar-refractivity contribution in [3.05, 3.63) is 22.5 Å². The Kier molecular flexibility index (Phi) is 3.75. The summed E-state index contributed by atoms with van der Waals surface area (Å²) in [6.45, 7) is 0. The molecule has 0 aliphatic rings. The van der Waals surface area contributed by atoms with Crippen LogP contribution < -0.4 is 4.74 Å². The summed E-state index contributed by atoms with van der Waals surface area (Å²) in [6.07, 6.45) is 0.563. The summed E-state index contributed by atoms with van der Waals surface area (Å²) in [5.74, 6) is -1.58. The van der Waals surface area contributed by atoms with Gasteiger partial charge in [0.1, 0.15) is 0 Å². The van der Waals surface area contributed by atoms with E-state index in [4.69, 9.17) is 21.6 Å². The number of methoxy groups -OCH3 is 1. The number of aryl methyl sites for hydroxylation is 1. The van der Waals surface area contributed by atoms with Gasteiger partial charge in [0.15, 0.2) is 11.5 Å². The van der Waals surface area contributed by atoms with Crippen molar-refractivity contribution in [2.75, 3.05) is 7.11 Å². The molecule has 3 nitrogen and oxygen atoms in total. The summed E-state index contributed by atoms with van der Waals surface area (Å²) < 4.78 is 18.2. The molecule has 0 heterocycles. The molecule has 0 radical (unpaired) electrons. The average Bonchev–Trinajstić information content (AvgIpc) is 2.23. The highest BCUT2D eigenvalue weighted by Gasteiger charge is 2.17. The van der Waals surface area contributed by atoms with Crippen LogP contribution in [0.2, 0.25) is 5.02 Å². The fourth-order valence-corrected chi connectivity index (χ4v) is 1.45. The normalized spacial score (nSPS) is 9.73. The van der Waals surface area contributed by atoms with E-state index in [9.17, 15) is 9.50 Å². The minimum absolute atomic E-state index is 0.0628. The lowest BCUT2D eigenvalue weighted by Gasteiger charge is -2.10. The largest absolute Gasteiger partial charge is 0.504 e. The summed E-state index contributed by atoms with van der Waals surface area (Å²) in [5.41, 5.74) is 0.472. The number of hydrogen-bond donors (Lipinski definition) is 1. The van der Waals surface area contributed by atoms with Crippen molar-refractivity contribution in [3.63, 3.8) is 0 Å². The van der Waals surface area contributed by atoms with E-state index in [0.717, 1.165) is 0 Å². The molecule has 0 fully saturated rings. The Hall–Kier alpha value is -1.47. The van der Waals surface area contributed by atoms with Gasteiger partial charge in [-0.2, -0.15) is 9.65 Å². The van der Waals surface area contributed by atoms with Crippen molar-refractivity contribution in [3.8, 4) is 17.6 Å². The third kappa shape index (κ3) is 2.31. The molecule has 0 aliphatic carbocycles. The zero-order valence-electron chi connectivity index (χ0n) is 8.05. The number of phenols is 1. The Balaban J connectivity index is 3.20. The molecule has 1 aromatic rings. The quantitative estimate of drug-likeness (QED) is 0.867. The zero-order valence-corrected chi connectivity index (χ0v) is 8.81. The topological polar surface area (TPSA) is 53.2 Å². The van der Waals surface area contributed by atoms with Crippen molar-refractivity contribution in [1.82, 2.24) is 0 Å². The number of benzene rings is 1. The number of halogens is 2. The van der Waals surface area contributed by atoms with E-state index in [1.165, 1.54) is 13.2 Å². The minimum atomic E-state index is -0.891. The molecule has 0 amide bonds. The maximum atomic E-state index is 13.4. The number of aromatic hydroxyl groups is 1. The lowest BCUT2D eigenvalue weighted by atomic mass is 10.1. The molecule has 0 saturated carbocycles. The lowest BCUT2D eigenvalue weighted by Crippen LogP contribution is -1.96. The molecule has 0 spiro atoms. The monoisotopic (exact) mass is 229 g/mol. The molecule has 0 atom stereocenters. The molecule has 15 heavy (non-hydrogen) atoms. The van der Waals surface area contributed by atoms with Gasteiger partial charge in [0.2, 0.25) is 5.82 Å². The predicted molar refractivity (Wildman–Crippen MR) is 53.6 cm³/mol. The molecule has 1 aromatic carbocycles. The maximum absolute atomic E-state index is 13.4. The van der Waals surface area contributed by atoms with Gasteiger partial charge < -0.3 is 9.84 Å². The van der Waals surface area contributed by atoms with Crippen LogP contribution in [0, 0.1) is 17.1 Å². The molecule has 0 aliphatic heterocycles. The number of rotatable bonds is 3. The molecule has 1 rings (SSSR count). The first-order valence-corrected chi connectivity index (χ1v) is 4.60. The second-order valence-corrected chi connectivity index (χ2v) is 3.28. The van der Waals surface area contributed by atoms with Crippen molar-refractivity contribution in [2.45, 2.75) is 12.8 Å². The number of phenolic OH excluding ortho intramolecular Hbond substituents is 1. The fraction of sp³-hybridized carbons (Fsp3) is 0.300. The first kappa shape index (κ1) is 11.6. The van der Waals surface area contributed by atoms with E-state index in [-0.39, 0.29) is 17.2 Å². The number of nitrogens with zero attached hydrogens (tertiary/aromatic N) is 1. The Morgan fingerprint density at radius 1 is 1.67 bits per heavy atom. The van der Waals surface area contributed by atoms with Crippen LogP contribution in [0.4, 0.5) is 4.39 Å². The van der Waals surface area contributed by atoms with Crippen LogP contribution in [-0.4, -0.2) is 12.2 Å². The van der Waals surface area contributed by atoms with Crippen LogP contribution >= 0.6 is 11.6 Å². The van der Waals surface area contributed by atoms with E-state index >= 15 is 0 Å². The van der Waals surface area contributed by atoms with E-state index in [1.807, 2.05) is 6.07 Å². The fourth-order valence-electron chi connectivity index (χ4n) is 1.24. The number of ether oxygens (including phenoxy) is 1. The van der Waals surface area contributed by atoms with Crippen molar-refractivity contribution in [2.24, 2.45) is 0 Å². The molecule has 0 aromatic heterocycles. The summed E-state index contributed by atoms with van der Waals surface area (Å²) in [6, 6.07) is 3.34. The summed E-state index contributed by atoms with van der Waals surface area (Å²) in [4.78, 5) is 0. The van der Waals surface area contributed by atoms with Crippen LogP contribution in [0.25, 0.3) is 0 Å². The summed E-state index contributed by atoms with van der Waals surface area (Å²) >= 11 is 5.60. The highest BCUT2D eigenvalue weighted by atomic mass is 35.5. The molecule has 0 unspecified atom stereocenters. The van der Waals surface area contributed by atoms with Crippen LogP contribution in [0.3, 0.4) is 0 Å². The molecular formula is C10H9ClFNO2. The average molecular weight is 230 g/mol. The Bertz CT molecular complexity index is 415. The van der Waals surface area contributed by atoms with Gasteiger partial charge in [-0.15, -0.1) is 0 Å². The molecule has 5 heteroatoms. The van der Waals surface area contributed by atoms with Crippen LogP contribution in [0.1, 0.15) is 12.0 Å². The number of nitriles is 1. The Labute approximate surface area is 91.7 Å². The van der Waals surface area contributed by atoms with Crippen LogP contribution in [-0.2, 0) is 6.42 Å². The highest BCUT2D eigenvalue weighted by Crippen LogP contribution is 2.36. The van der Waals surface area contributed by atoms with Crippen molar-refractivity contribution in [1.29, 1.82) is 5.26 Å². The Morgan fingerprint density at radius 2 is 2.33 bits per heavy atom. The first-order chi connectivity index (χ1) is 7.11. The van der Waals surface area contributed by atoms with Crippen LogP contribution in [0.15, 0.2) is 6.07 Å². The van der Waals surface area contributed by atoms with Gasteiger partial charge in [0.25, 0.3) is 0 Å². The third-order valence-corrected chi connectivity index (χ3v) is 2.22. The smallest absolute Gasteiger partial charge is 0.208 e. The van der Waals surface area contributed by atoms with Crippen molar-refractivity contribution >= 4 is 11.6 Å². The second-order valence-electron chi connectivity index (χ2n) is 2.87. The minimum Gasteiger partial charge on any atom is -0.504 e. The first-order valence-electron chi connectivity index (χ1n) is 4.22. The van der Waals surface area contributed by atoms with Gasteiger partial charge >= 0.3 is 0 Å². The van der Waals surface area contributed by atoms with E-state index in [2.05, 4.69) is 0 Å². The highest BCUT2D eigenvalue weighted by molar-refractivity contribution is 6.32. The number of hydrogen-bond acceptors (Lipinski definition) is 3. The van der Waals surface area contributed by atoms with Crippen molar-refractivity contribution < 1.29 is 14.2 Å². The maximum Gasteiger partial charge on any atom is 0.208 e. The van der Waals surface area contributed by atoms with Gasteiger partial charge in [0.05, 0.1) is 18.2 Å². The van der Waals surface area contributed by atoms with Crippen LogP contribution in [0.5, 0.6) is 11.5 Å². The zero-order chi connectivity index (χ0) is 11.4. The molecule has 1 N–H and O–H groups in total. The van der Waals surface area contributed by atoms with E-state index in [1.54, 1.807) is 0 Å². The van der Waals surface area contributed by atoms with E-state index < -0.39 is 11.6 Å². The molecule has 0 saturated heterocycles. The van der Waals surface area contributed by atoms with Gasteiger partial charge in [0, 0.05) is 6.42 Å². The summed E-state index contributed by atoms with van der Waals surface area (Å²) in [5, 5.41) is 17.6. The van der Waals surface area contributed by atoms with E-state index in [0.29, 0.717) is 12.0 Å². The molecular weight excluding hydrogens is 221 g/mol. The van der Waals surface area contributed by atoms with Gasteiger partial charge in [-0.3, -0.25) is 0 Å². The SMILES string of the molecule is COc1c(CCC#N)cc(Cl)c(O)c1F. The van der Waals surface area contributed by atoms with Gasteiger partial charge in [-0.05, 0) is 18.1 Å². The predicted octanol–water partition coefficient (Wildman–Crippen LogP) is 2.65. The standard InChI is InChI=1S/C10H9ClFNO2/c1-15-10-6(3-2-4-13)5-7(11)9(14)8(10)12/h5,14H,2-3H2,1H3. The Morgan fingerprint density at radius 3 is 2.87 bits per heavy atom.